The number of halogens is 2. The predicted octanol–water partition coefficient (Wildman–Crippen LogP) is 3.73. The van der Waals surface area contributed by atoms with Gasteiger partial charge in [0, 0.05) is 18.5 Å². The maximum atomic E-state index is 13.2. The lowest BCUT2D eigenvalue weighted by Crippen LogP contribution is -1.94. The molecule has 0 aliphatic rings. The smallest absolute Gasteiger partial charge is 0.245 e. The maximum absolute atomic E-state index is 13.2. The molecule has 3 aromatic rings. The second-order valence-corrected chi connectivity index (χ2v) is 4.88. The SMILES string of the molecule is Cc1cc2c(Oc3cc(F)ccc3Br)nccn2n1. The molecule has 0 aliphatic heterocycles. The molecule has 0 saturated heterocycles. The number of rotatable bonds is 2. The highest BCUT2D eigenvalue weighted by molar-refractivity contribution is 9.10. The summed E-state index contributed by atoms with van der Waals surface area (Å²) in [5, 5.41) is 4.27. The van der Waals surface area contributed by atoms with Crippen molar-refractivity contribution in [2.24, 2.45) is 0 Å². The van der Waals surface area contributed by atoms with E-state index in [1.54, 1.807) is 23.0 Å². The second kappa shape index (κ2) is 4.62. The summed E-state index contributed by atoms with van der Waals surface area (Å²) in [6.07, 6.45) is 3.32. The van der Waals surface area contributed by atoms with E-state index >= 15 is 0 Å². The van der Waals surface area contributed by atoms with Gasteiger partial charge in [-0.1, -0.05) is 0 Å². The summed E-state index contributed by atoms with van der Waals surface area (Å²) in [5.74, 6) is 0.392. The number of fused-ring (bicyclic) bond motifs is 1. The van der Waals surface area contributed by atoms with Gasteiger partial charge < -0.3 is 4.74 Å². The lowest BCUT2D eigenvalue weighted by molar-refractivity contribution is 0.457. The number of aromatic nitrogens is 3. The van der Waals surface area contributed by atoms with Crippen molar-refractivity contribution in [2.75, 3.05) is 0 Å². The molecule has 0 radical (unpaired) electrons. The van der Waals surface area contributed by atoms with Crippen LogP contribution in [0, 0.1) is 12.7 Å². The molecule has 3 rings (SSSR count). The van der Waals surface area contributed by atoms with Gasteiger partial charge in [0.1, 0.15) is 17.1 Å². The van der Waals surface area contributed by atoms with Gasteiger partial charge in [-0.25, -0.2) is 13.9 Å². The van der Waals surface area contributed by atoms with Gasteiger partial charge in [-0.2, -0.15) is 5.10 Å². The van der Waals surface area contributed by atoms with Crippen LogP contribution in [0.4, 0.5) is 4.39 Å². The minimum absolute atomic E-state index is 0.366. The summed E-state index contributed by atoms with van der Waals surface area (Å²) >= 11 is 3.32. The Morgan fingerprint density at radius 3 is 3.00 bits per heavy atom. The average molecular weight is 322 g/mol. The van der Waals surface area contributed by atoms with Gasteiger partial charge in [0.2, 0.25) is 5.88 Å². The Hall–Kier alpha value is -1.95. The van der Waals surface area contributed by atoms with Crippen LogP contribution in [-0.4, -0.2) is 14.6 Å². The number of nitrogens with zero attached hydrogens (tertiary/aromatic N) is 3. The molecule has 0 saturated carbocycles. The molecule has 0 atom stereocenters. The zero-order valence-electron chi connectivity index (χ0n) is 9.97. The summed E-state index contributed by atoms with van der Waals surface area (Å²) in [7, 11) is 0. The number of aryl methyl sites for hydroxylation is 1. The molecule has 19 heavy (non-hydrogen) atoms. The summed E-state index contributed by atoms with van der Waals surface area (Å²) in [6, 6.07) is 6.11. The third kappa shape index (κ3) is 2.31. The van der Waals surface area contributed by atoms with Crippen molar-refractivity contribution in [3.8, 4) is 11.6 Å². The van der Waals surface area contributed by atoms with E-state index in [-0.39, 0.29) is 5.82 Å². The van der Waals surface area contributed by atoms with E-state index in [0.29, 0.717) is 16.1 Å². The Labute approximate surface area is 117 Å². The van der Waals surface area contributed by atoms with Crippen LogP contribution < -0.4 is 4.74 Å². The Kier molecular flexibility index (Phi) is 2.94. The van der Waals surface area contributed by atoms with E-state index in [1.807, 2.05) is 13.0 Å². The summed E-state index contributed by atoms with van der Waals surface area (Å²) < 4.78 is 21.2. The first-order chi connectivity index (χ1) is 9.13. The van der Waals surface area contributed by atoms with Crippen LogP contribution in [0.15, 0.2) is 41.1 Å². The predicted molar refractivity (Wildman–Crippen MR) is 71.9 cm³/mol. The van der Waals surface area contributed by atoms with E-state index in [1.165, 1.54) is 12.1 Å². The van der Waals surface area contributed by atoms with Crippen molar-refractivity contribution >= 4 is 21.4 Å². The molecule has 4 nitrogen and oxygen atoms in total. The number of benzene rings is 1. The molecule has 1 aromatic carbocycles. The second-order valence-electron chi connectivity index (χ2n) is 4.02. The van der Waals surface area contributed by atoms with Crippen molar-refractivity contribution in [1.82, 2.24) is 14.6 Å². The van der Waals surface area contributed by atoms with Crippen LogP contribution in [0.1, 0.15) is 5.69 Å². The Bertz CT molecular complexity index is 757. The van der Waals surface area contributed by atoms with E-state index < -0.39 is 0 Å². The minimum atomic E-state index is -0.366. The zero-order valence-corrected chi connectivity index (χ0v) is 11.6. The molecule has 2 heterocycles. The van der Waals surface area contributed by atoms with Gasteiger partial charge in [-0.05, 0) is 41.1 Å². The lowest BCUT2D eigenvalue weighted by Gasteiger charge is -2.07. The Balaban J connectivity index is 2.08. The Morgan fingerprint density at radius 1 is 1.32 bits per heavy atom. The molecular weight excluding hydrogens is 313 g/mol. The van der Waals surface area contributed by atoms with Crippen LogP contribution in [0.3, 0.4) is 0 Å². The fraction of sp³-hybridized carbons (Fsp3) is 0.0769. The minimum Gasteiger partial charge on any atom is -0.436 e. The highest BCUT2D eigenvalue weighted by Gasteiger charge is 2.10. The van der Waals surface area contributed by atoms with Crippen molar-refractivity contribution in [1.29, 1.82) is 0 Å². The monoisotopic (exact) mass is 321 g/mol. The largest absolute Gasteiger partial charge is 0.436 e. The van der Waals surface area contributed by atoms with Crippen molar-refractivity contribution in [2.45, 2.75) is 6.92 Å². The third-order valence-corrected chi connectivity index (χ3v) is 3.23. The molecule has 0 fully saturated rings. The quantitative estimate of drug-likeness (QED) is 0.722. The third-order valence-electron chi connectivity index (χ3n) is 2.58. The average Bonchev–Trinajstić information content (AvgIpc) is 2.75. The van der Waals surface area contributed by atoms with Gasteiger partial charge in [-0.15, -0.1) is 0 Å². The van der Waals surface area contributed by atoms with E-state index in [4.69, 9.17) is 4.74 Å². The zero-order chi connectivity index (χ0) is 13.4. The van der Waals surface area contributed by atoms with Crippen LogP contribution in [0.5, 0.6) is 11.6 Å². The van der Waals surface area contributed by atoms with Crippen molar-refractivity contribution < 1.29 is 9.13 Å². The van der Waals surface area contributed by atoms with Crippen molar-refractivity contribution in [3.63, 3.8) is 0 Å². The van der Waals surface area contributed by atoms with Gasteiger partial charge in [0.25, 0.3) is 0 Å². The molecule has 0 N–H and O–H groups in total. The van der Waals surface area contributed by atoms with Gasteiger partial charge in [0.15, 0.2) is 0 Å². The molecule has 2 aromatic heterocycles. The molecule has 96 valence electrons. The highest BCUT2D eigenvalue weighted by atomic mass is 79.9. The van der Waals surface area contributed by atoms with Gasteiger partial charge in [-0.3, -0.25) is 0 Å². The highest BCUT2D eigenvalue weighted by Crippen LogP contribution is 2.31. The maximum Gasteiger partial charge on any atom is 0.245 e. The number of ether oxygens (including phenoxy) is 1. The summed E-state index contributed by atoms with van der Waals surface area (Å²) in [4.78, 5) is 4.16. The fourth-order valence-corrected chi connectivity index (χ4v) is 2.09. The lowest BCUT2D eigenvalue weighted by atomic mass is 10.3. The normalized spacial score (nSPS) is 10.9. The van der Waals surface area contributed by atoms with Crippen LogP contribution >= 0.6 is 15.9 Å². The molecule has 0 aliphatic carbocycles. The van der Waals surface area contributed by atoms with E-state index in [0.717, 1.165) is 11.2 Å². The van der Waals surface area contributed by atoms with E-state index in [9.17, 15) is 4.39 Å². The number of hydrogen-bond donors (Lipinski definition) is 0. The summed E-state index contributed by atoms with van der Waals surface area (Å²) in [5.41, 5.74) is 1.59. The summed E-state index contributed by atoms with van der Waals surface area (Å²) in [6.45, 7) is 1.88. The molecule has 0 bridgehead atoms. The van der Waals surface area contributed by atoms with Gasteiger partial charge in [0.05, 0.1) is 10.2 Å². The molecule has 0 amide bonds. The van der Waals surface area contributed by atoms with Crippen LogP contribution in [-0.2, 0) is 0 Å². The number of hydrogen-bond acceptors (Lipinski definition) is 3. The van der Waals surface area contributed by atoms with E-state index in [2.05, 4.69) is 26.0 Å². The van der Waals surface area contributed by atoms with Crippen molar-refractivity contribution in [3.05, 3.63) is 52.6 Å². The van der Waals surface area contributed by atoms with Gasteiger partial charge >= 0.3 is 0 Å². The molecular formula is C13H9BrFN3O. The van der Waals surface area contributed by atoms with Crippen LogP contribution in [0.25, 0.3) is 5.52 Å². The molecule has 0 spiro atoms. The first kappa shape index (κ1) is 12.1. The standard InChI is InChI=1S/C13H9BrFN3O/c1-8-6-11-13(16-4-5-18(11)17-8)19-12-7-9(15)2-3-10(12)14/h2-7H,1H3. The van der Waals surface area contributed by atoms with Crippen LogP contribution in [0.2, 0.25) is 0 Å². The molecule has 6 heteroatoms. The topological polar surface area (TPSA) is 39.4 Å². The Morgan fingerprint density at radius 2 is 2.16 bits per heavy atom. The fourth-order valence-electron chi connectivity index (χ4n) is 1.76. The first-order valence-electron chi connectivity index (χ1n) is 5.57. The first-order valence-corrected chi connectivity index (χ1v) is 6.37. The molecule has 0 unspecified atom stereocenters.